The van der Waals surface area contributed by atoms with Gasteiger partial charge in [-0.25, -0.2) is 0 Å². The van der Waals surface area contributed by atoms with Crippen LogP contribution in [0.5, 0.6) is 5.75 Å². The van der Waals surface area contributed by atoms with Crippen LogP contribution in [0.25, 0.3) is 0 Å². The number of rotatable bonds is 3. The van der Waals surface area contributed by atoms with Gasteiger partial charge < -0.3 is 10.8 Å². The molecule has 0 aromatic heterocycles. The maximum atomic E-state index is 9.38. The number of benzene rings is 1. The number of phenols is 1. The number of hydrogen-bond acceptors (Lipinski definition) is 3. The van der Waals surface area contributed by atoms with Crippen molar-refractivity contribution in [3.05, 3.63) is 28.8 Å². The van der Waals surface area contributed by atoms with Crippen molar-refractivity contribution < 1.29 is 5.11 Å². The third-order valence-electron chi connectivity index (χ3n) is 3.42. The molecule has 1 unspecified atom stereocenters. The molecule has 0 bridgehead atoms. The summed E-state index contributed by atoms with van der Waals surface area (Å²) in [6.45, 7) is 2.67. The summed E-state index contributed by atoms with van der Waals surface area (Å²) in [5.74, 6) is 0.143. The van der Waals surface area contributed by atoms with Gasteiger partial charge in [0.15, 0.2) is 0 Å². The minimum atomic E-state index is 0.143. The molecule has 3 nitrogen and oxygen atoms in total. The molecule has 1 aliphatic rings. The molecule has 94 valence electrons. The Kier molecular flexibility index (Phi) is 4.26. The van der Waals surface area contributed by atoms with E-state index in [9.17, 15) is 5.11 Å². The van der Waals surface area contributed by atoms with E-state index in [1.165, 1.54) is 19.3 Å². The Hall–Kier alpha value is -0.770. The summed E-state index contributed by atoms with van der Waals surface area (Å²) in [4.78, 5) is 2.41. The molecule has 17 heavy (non-hydrogen) atoms. The zero-order chi connectivity index (χ0) is 12.3. The van der Waals surface area contributed by atoms with E-state index in [2.05, 4.69) is 4.90 Å². The molecule has 0 radical (unpaired) electrons. The van der Waals surface area contributed by atoms with Gasteiger partial charge in [0.1, 0.15) is 5.75 Å². The highest BCUT2D eigenvalue weighted by Gasteiger charge is 2.21. The largest absolute Gasteiger partial charge is 0.506 e. The molecule has 0 saturated carbocycles. The second-order valence-electron chi connectivity index (χ2n) is 4.64. The van der Waals surface area contributed by atoms with Crippen molar-refractivity contribution in [2.45, 2.75) is 31.8 Å². The van der Waals surface area contributed by atoms with E-state index >= 15 is 0 Å². The maximum Gasteiger partial charge on any atom is 0.134 e. The van der Waals surface area contributed by atoms with Crippen molar-refractivity contribution >= 4 is 11.6 Å². The molecule has 1 aliphatic heterocycles. The van der Waals surface area contributed by atoms with Gasteiger partial charge in [-0.05, 0) is 37.1 Å². The highest BCUT2D eigenvalue weighted by molar-refractivity contribution is 6.32. The second kappa shape index (κ2) is 5.71. The van der Waals surface area contributed by atoms with Crippen molar-refractivity contribution in [3.63, 3.8) is 0 Å². The van der Waals surface area contributed by atoms with Gasteiger partial charge in [0.05, 0.1) is 5.02 Å². The normalized spacial score (nSPS) is 21.6. The van der Waals surface area contributed by atoms with E-state index in [4.69, 9.17) is 17.3 Å². The first kappa shape index (κ1) is 12.7. The third-order valence-corrected chi connectivity index (χ3v) is 3.72. The fourth-order valence-electron chi connectivity index (χ4n) is 2.42. The van der Waals surface area contributed by atoms with Gasteiger partial charge in [0.25, 0.3) is 0 Å². The van der Waals surface area contributed by atoms with Crippen LogP contribution in [0.15, 0.2) is 18.2 Å². The lowest BCUT2D eigenvalue weighted by Crippen LogP contribution is -2.43. The van der Waals surface area contributed by atoms with E-state index in [-0.39, 0.29) is 5.75 Å². The fourth-order valence-corrected chi connectivity index (χ4v) is 2.62. The van der Waals surface area contributed by atoms with Crippen LogP contribution in [0.4, 0.5) is 0 Å². The van der Waals surface area contributed by atoms with Crippen LogP contribution in [-0.2, 0) is 6.54 Å². The first-order chi connectivity index (χ1) is 8.20. The molecule has 2 rings (SSSR count). The molecule has 0 spiro atoms. The van der Waals surface area contributed by atoms with Gasteiger partial charge in [-0.3, -0.25) is 4.90 Å². The van der Waals surface area contributed by atoms with Gasteiger partial charge in [-0.2, -0.15) is 0 Å². The average Bonchev–Trinajstić information content (AvgIpc) is 2.34. The highest BCUT2D eigenvalue weighted by atomic mass is 35.5. The number of phenolic OH excluding ortho intramolecular Hbond substituents is 1. The predicted molar refractivity (Wildman–Crippen MR) is 70.2 cm³/mol. The van der Waals surface area contributed by atoms with Crippen LogP contribution in [0, 0.1) is 0 Å². The summed E-state index contributed by atoms with van der Waals surface area (Å²) in [5.41, 5.74) is 6.93. The Bertz CT molecular complexity index is 384. The molecule has 0 amide bonds. The molecule has 1 heterocycles. The Labute approximate surface area is 107 Å². The van der Waals surface area contributed by atoms with E-state index in [1.54, 1.807) is 6.07 Å². The molecule has 1 aromatic carbocycles. The average molecular weight is 255 g/mol. The van der Waals surface area contributed by atoms with Crippen molar-refractivity contribution in [3.8, 4) is 5.75 Å². The standard InChI is InChI=1S/C13H19ClN2O/c14-12-7-10(4-5-13(12)17)9-16-6-2-1-3-11(16)8-15/h4-5,7,11,17H,1-3,6,8-9,15H2. The molecule has 0 aliphatic carbocycles. The molecular formula is C13H19ClN2O. The summed E-state index contributed by atoms with van der Waals surface area (Å²) in [6.07, 6.45) is 3.69. The third kappa shape index (κ3) is 3.12. The van der Waals surface area contributed by atoms with E-state index in [0.717, 1.165) is 18.7 Å². The second-order valence-corrected chi connectivity index (χ2v) is 5.05. The summed E-state index contributed by atoms with van der Waals surface area (Å²) in [5, 5.41) is 9.80. The number of likely N-dealkylation sites (tertiary alicyclic amines) is 1. The van der Waals surface area contributed by atoms with Crippen molar-refractivity contribution in [1.29, 1.82) is 0 Å². The fraction of sp³-hybridized carbons (Fsp3) is 0.538. The molecule has 1 aromatic rings. The summed E-state index contributed by atoms with van der Waals surface area (Å²) >= 11 is 5.91. The van der Waals surface area contributed by atoms with Gasteiger partial charge in [-0.1, -0.05) is 24.1 Å². The molecule has 3 N–H and O–H groups in total. The number of aromatic hydroxyl groups is 1. The molecule has 1 fully saturated rings. The Balaban J connectivity index is 2.05. The van der Waals surface area contributed by atoms with Gasteiger partial charge in [-0.15, -0.1) is 0 Å². The summed E-state index contributed by atoms with van der Waals surface area (Å²) in [7, 11) is 0. The van der Waals surface area contributed by atoms with Gasteiger partial charge in [0, 0.05) is 19.1 Å². The predicted octanol–water partition coefficient (Wildman–Crippen LogP) is 2.36. The van der Waals surface area contributed by atoms with Crippen molar-refractivity contribution in [1.82, 2.24) is 4.90 Å². The summed E-state index contributed by atoms with van der Waals surface area (Å²) < 4.78 is 0. The quantitative estimate of drug-likeness (QED) is 0.871. The van der Waals surface area contributed by atoms with Crippen LogP contribution in [-0.4, -0.2) is 29.1 Å². The Morgan fingerprint density at radius 1 is 1.41 bits per heavy atom. The Morgan fingerprint density at radius 2 is 2.24 bits per heavy atom. The van der Waals surface area contributed by atoms with Crippen LogP contribution in [0.1, 0.15) is 24.8 Å². The smallest absolute Gasteiger partial charge is 0.134 e. The van der Waals surface area contributed by atoms with Crippen molar-refractivity contribution in [2.24, 2.45) is 5.73 Å². The molecule has 4 heteroatoms. The first-order valence-corrected chi connectivity index (χ1v) is 6.50. The monoisotopic (exact) mass is 254 g/mol. The lowest BCUT2D eigenvalue weighted by atomic mass is 10.0. The topological polar surface area (TPSA) is 49.5 Å². The highest BCUT2D eigenvalue weighted by Crippen LogP contribution is 2.25. The van der Waals surface area contributed by atoms with Crippen LogP contribution in [0.2, 0.25) is 5.02 Å². The SMILES string of the molecule is NCC1CCCCN1Cc1ccc(O)c(Cl)c1. The maximum absolute atomic E-state index is 9.38. The van der Waals surface area contributed by atoms with Gasteiger partial charge >= 0.3 is 0 Å². The van der Waals surface area contributed by atoms with Crippen LogP contribution >= 0.6 is 11.6 Å². The Morgan fingerprint density at radius 3 is 2.94 bits per heavy atom. The lowest BCUT2D eigenvalue weighted by molar-refractivity contribution is 0.145. The minimum Gasteiger partial charge on any atom is -0.506 e. The van der Waals surface area contributed by atoms with E-state index < -0.39 is 0 Å². The van der Waals surface area contributed by atoms with E-state index in [0.29, 0.717) is 17.6 Å². The number of halogens is 1. The molecule has 1 saturated heterocycles. The first-order valence-electron chi connectivity index (χ1n) is 6.12. The van der Waals surface area contributed by atoms with Gasteiger partial charge in [0.2, 0.25) is 0 Å². The molecule has 1 atom stereocenters. The zero-order valence-corrected chi connectivity index (χ0v) is 10.7. The number of hydrogen-bond donors (Lipinski definition) is 2. The summed E-state index contributed by atoms with van der Waals surface area (Å²) in [6, 6.07) is 5.89. The van der Waals surface area contributed by atoms with Crippen LogP contribution in [0.3, 0.4) is 0 Å². The zero-order valence-electron chi connectivity index (χ0n) is 9.90. The van der Waals surface area contributed by atoms with E-state index in [1.807, 2.05) is 12.1 Å². The number of piperidine rings is 1. The minimum absolute atomic E-state index is 0.143. The number of nitrogens with two attached hydrogens (primary N) is 1. The lowest BCUT2D eigenvalue weighted by Gasteiger charge is -2.35. The molecular weight excluding hydrogens is 236 g/mol. The number of nitrogens with zero attached hydrogens (tertiary/aromatic N) is 1. The van der Waals surface area contributed by atoms with Crippen molar-refractivity contribution in [2.75, 3.05) is 13.1 Å². The van der Waals surface area contributed by atoms with Crippen LogP contribution < -0.4 is 5.73 Å².